The third-order valence-corrected chi connectivity index (χ3v) is 1.99. The molecule has 0 aromatic rings. The van der Waals surface area contributed by atoms with E-state index in [1.807, 2.05) is 19.0 Å². The second-order valence-corrected chi connectivity index (χ2v) is 4.34. The summed E-state index contributed by atoms with van der Waals surface area (Å²) in [6, 6.07) is 0. The molecule has 0 heterocycles. The number of nitrogens with one attached hydrogen (secondary N) is 2. The molecule has 0 rings (SSSR count). The van der Waals surface area contributed by atoms with Crippen LogP contribution in [0.25, 0.3) is 0 Å². The summed E-state index contributed by atoms with van der Waals surface area (Å²) in [5, 5.41) is 4.70. The molecule has 0 unspecified atom stereocenters. The summed E-state index contributed by atoms with van der Waals surface area (Å²) in [5.74, 6) is -1.47. The minimum atomic E-state index is -0.754. The topological polar surface area (TPSA) is 96.7 Å². The Bertz CT molecular complexity index is 297. The Morgan fingerprint density at radius 3 is 2.39 bits per heavy atom. The fourth-order valence-electron chi connectivity index (χ4n) is 0.914. The molecule has 7 nitrogen and oxygen atoms in total. The lowest BCUT2D eigenvalue weighted by Crippen LogP contribution is -2.43. The summed E-state index contributed by atoms with van der Waals surface area (Å²) in [7, 11) is 3.88. The number of likely N-dealkylation sites (N-methyl/N-ethyl adjacent to an activating group) is 1. The van der Waals surface area contributed by atoms with Crippen molar-refractivity contribution in [2.24, 2.45) is 5.73 Å². The maximum atomic E-state index is 11.2. The standard InChI is InChI=1S/C10H20N4O3S/c1-14(2)4-6-17-5-3-12-9(15)10(16)13-7-8(11)18/h3-7H2,1-2H3,(H2,11,18)(H,12,15)(H,13,16). The van der Waals surface area contributed by atoms with E-state index in [2.05, 4.69) is 22.9 Å². The lowest BCUT2D eigenvalue weighted by Gasteiger charge is -2.10. The van der Waals surface area contributed by atoms with E-state index in [9.17, 15) is 9.59 Å². The molecule has 8 heteroatoms. The highest BCUT2D eigenvalue weighted by molar-refractivity contribution is 7.80. The Labute approximate surface area is 112 Å². The van der Waals surface area contributed by atoms with Gasteiger partial charge in [0.2, 0.25) is 0 Å². The van der Waals surface area contributed by atoms with E-state index < -0.39 is 11.8 Å². The molecule has 0 atom stereocenters. The van der Waals surface area contributed by atoms with Crippen molar-refractivity contribution in [2.45, 2.75) is 0 Å². The van der Waals surface area contributed by atoms with Crippen molar-refractivity contribution >= 4 is 29.0 Å². The quantitative estimate of drug-likeness (QED) is 0.272. The van der Waals surface area contributed by atoms with Crippen LogP contribution in [0.4, 0.5) is 0 Å². The highest BCUT2D eigenvalue weighted by Gasteiger charge is 2.11. The Kier molecular flexibility index (Phi) is 9.07. The van der Waals surface area contributed by atoms with Gasteiger partial charge in [0.25, 0.3) is 0 Å². The second-order valence-electron chi connectivity index (χ2n) is 3.82. The van der Waals surface area contributed by atoms with Crippen LogP contribution in [0.15, 0.2) is 0 Å². The van der Waals surface area contributed by atoms with Crippen molar-refractivity contribution < 1.29 is 14.3 Å². The van der Waals surface area contributed by atoms with E-state index in [0.717, 1.165) is 6.54 Å². The van der Waals surface area contributed by atoms with Crippen molar-refractivity contribution in [3.05, 3.63) is 0 Å². The van der Waals surface area contributed by atoms with Crippen LogP contribution >= 0.6 is 12.2 Å². The molecule has 0 saturated carbocycles. The normalized spacial score (nSPS) is 10.2. The maximum Gasteiger partial charge on any atom is 0.309 e. The summed E-state index contributed by atoms with van der Waals surface area (Å²) in [5.41, 5.74) is 5.18. The first-order valence-electron chi connectivity index (χ1n) is 5.50. The van der Waals surface area contributed by atoms with Gasteiger partial charge >= 0.3 is 11.8 Å². The monoisotopic (exact) mass is 276 g/mol. The summed E-state index contributed by atoms with van der Waals surface area (Å²) < 4.78 is 5.24. The second kappa shape index (κ2) is 9.75. The van der Waals surface area contributed by atoms with Crippen LogP contribution in [0.5, 0.6) is 0 Å². The van der Waals surface area contributed by atoms with E-state index in [1.54, 1.807) is 0 Å². The molecule has 0 aliphatic heterocycles. The lowest BCUT2D eigenvalue weighted by atomic mass is 10.5. The SMILES string of the molecule is CN(C)CCOCCNC(=O)C(=O)NCC(N)=S. The number of thiocarbonyl (C=S) groups is 1. The molecule has 2 amide bonds. The van der Waals surface area contributed by atoms with Crippen LogP contribution in [0.2, 0.25) is 0 Å². The number of nitrogens with two attached hydrogens (primary N) is 1. The molecule has 0 saturated heterocycles. The summed E-state index contributed by atoms with van der Waals surface area (Å²) in [6.45, 7) is 2.05. The van der Waals surface area contributed by atoms with Crippen molar-refractivity contribution in [1.82, 2.24) is 15.5 Å². The first kappa shape index (κ1) is 16.8. The van der Waals surface area contributed by atoms with Crippen LogP contribution in [0.1, 0.15) is 0 Å². The van der Waals surface area contributed by atoms with Gasteiger partial charge in [0.1, 0.15) is 0 Å². The number of amides is 2. The lowest BCUT2D eigenvalue weighted by molar-refractivity contribution is -0.139. The molecule has 0 aromatic heterocycles. The zero-order valence-electron chi connectivity index (χ0n) is 10.7. The molecule has 0 aliphatic carbocycles. The van der Waals surface area contributed by atoms with Gasteiger partial charge in [-0.05, 0) is 14.1 Å². The van der Waals surface area contributed by atoms with Gasteiger partial charge in [0.15, 0.2) is 0 Å². The first-order valence-corrected chi connectivity index (χ1v) is 5.91. The summed E-state index contributed by atoms with van der Waals surface area (Å²) in [4.78, 5) is 24.5. The van der Waals surface area contributed by atoms with Crippen molar-refractivity contribution in [2.75, 3.05) is 46.9 Å². The smallest absolute Gasteiger partial charge is 0.309 e. The van der Waals surface area contributed by atoms with E-state index >= 15 is 0 Å². The van der Waals surface area contributed by atoms with E-state index in [1.165, 1.54) is 0 Å². The highest BCUT2D eigenvalue weighted by Crippen LogP contribution is 1.78. The van der Waals surface area contributed by atoms with Crippen molar-refractivity contribution in [3.8, 4) is 0 Å². The summed E-state index contributed by atoms with van der Waals surface area (Å²) >= 11 is 4.56. The fraction of sp³-hybridized carbons (Fsp3) is 0.700. The van der Waals surface area contributed by atoms with Gasteiger partial charge < -0.3 is 26.0 Å². The largest absolute Gasteiger partial charge is 0.392 e. The highest BCUT2D eigenvalue weighted by atomic mass is 32.1. The number of ether oxygens (including phenoxy) is 1. The Hall–Kier alpha value is -1.25. The van der Waals surface area contributed by atoms with Gasteiger partial charge in [-0.1, -0.05) is 12.2 Å². The Morgan fingerprint density at radius 1 is 1.22 bits per heavy atom. The molecule has 0 fully saturated rings. The molecule has 18 heavy (non-hydrogen) atoms. The van der Waals surface area contributed by atoms with Crippen LogP contribution in [-0.4, -0.2) is 68.6 Å². The average molecular weight is 276 g/mol. The van der Waals surface area contributed by atoms with Crippen molar-refractivity contribution in [3.63, 3.8) is 0 Å². The van der Waals surface area contributed by atoms with Gasteiger partial charge in [0.05, 0.1) is 24.7 Å². The number of carbonyl (C=O) groups is 2. The number of carbonyl (C=O) groups excluding carboxylic acids is 2. The molecule has 0 spiro atoms. The van der Waals surface area contributed by atoms with Crippen LogP contribution < -0.4 is 16.4 Å². The van der Waals surface area contributed by atoms with Crippen molar-refractivity contribution in [1.29, 1.82) is 0 Å². The Morgan fingerprint density at radius 2 is 1.83 bits per heavy atom. The molecule has 104 valence electrons. The molecule has 4 N–H and O–H groups in total. The maximum absolute atomic E-state index is 11.2. The van der Waals surface area contributed by atoms with Gasteiger partial charge in [-0.25, -0.2) is 0 Å². The Balaban J connectivity index is 3.52. The molecule has 0 radical (unpaired) electrons. The van der Waals surface area contributed by atoms with Crippen LogP contribution in [0.3, 0.4) is 0 Å². The van der Waals surface area contributed by atoms with Gasteiger partial charge in [-0.2, -0.15) is 0 Å². The predicted molar refractivity (Wildman–Crippen MR) is 72.2 cm³/mol. The molecule has 0 bridgehead atoms. The first-order chi connectivity index (χ1) is 8.43. The molecule has 0 aromatic carbocycles. The van der Waals surface area contributed by atoms with Crippen LogP contribution in [0, 0.1) is 0 Å². The fourth-order valence-corrected chi connectivity index (χ4v) is 0.986. The number of rotatable bonds is 8. The number of nitrogens with zero attached hydrogens (tertiary/aromatic N) is 1. The molecular formula is C10H20N4O3S. The minimum Gasteiger partial charge on any atom is -0.392 e. The third kappa shape index (κ3) is 9.94. The van der Waals surface area contributed by atoms with E-state index in [-0.39, 0.29) is 18.1 Å². The molecular weight excluding hydrogens is 256 g/mol. The minimum absolute atomic E-state index is 0.0148. The van der Waals surface area contributed by atoms with E-state index in [4.69, 9.17) is 10.5 Å². The van der Waals surface area contributed by atoms with Gasteiger partial charge in [-0.3, -0.25) is 9.59 Å². The van der Waals surface area contributed by atoms with E-state index in [0.29, 0.717) is 13.2 Å². The van der Waals surface area contributed by atoms with Gasteiger partial charge in [-0.15, -0.1) is 0 Å². The zero-order chi connectivity index (χ0) is 14.0. The van der Waals surface area contributed by atoms with Crippen LogP contribution in [-0.2, 0) is 14.3 Å². The summed E-state index contributed by atoms with van der Waals surface area (Å²) in [6.07, 6.45) is 0. The third-order valence-electron chi connectivity index (χ3n) is 1.84. The average Bonchev–Trinajstić information content (AvgIpc) is 2.29. The number of hydrogen-bond donors (Lipinski definition) is 3. The van der Waals surface area contributed by atoms with Gasteiger partial charge in [0, 0.05) is 13.1 Å². The number of hydrogen-bond acceptors (Lipinski definition) is 5. The zero-order valence-corrected chi connectivity index (χ0v) is 11.5. The predicted octanol–water partition coefficient (Wildman–Crippen LogP) is -1.92. The molecule has 0 aliphatic rings.